The highest BCUT2D eigenvalue weighted by Crippen LogP contribution is 2.58. The zero-order chi connectivity index (χ0) is 54.0. The lowest BCUT2D eigenvalue weighted by molar-refractivity contribution is -0.347. The van der Waals surface area contributed by atoms with Gasteiger partial charge in [-0.05, 0) is 73.8 Å². The summed E-state index contributed by atoms with van der Waals surface area (Å²) >= 11 is 0. The smallest absolute Gasteiger partial charge is 0.308 e. The molecule has 1 unspecified atom stereocenters. The number of ether oxygens (including phenoxy) is 15. The molecule has 16 saturated heterocycles. The van der Waals surface area contributed by atoms with Crippen molar-refractivity contribution >= 4 is 5.97 Å². The van der Waals surface area contributed by atoms with E-state index in [1.54, 1.807) is 0 Å². The molecule has 19 heteroatoms. The quantitative estimate of drug-likeness (QED) is 0.251. The van der Waals surface area contributed by atoms with Crippen molar-refractivity contribution in [3.8, 4) is 0 Å². The van der Waals surface area contributed by atoms with Crippen molar-refractivity contribution in [3.05, 3.63) is 24.3 Å². The van der Waals surface area contributed by atoms with Crippen LogP contribution in [-0.4, -0.2) is 198 Å². The molecule has 440 valence electrons. The number of esters is 1. The van der Waals surface area contributed by atoms with Crippen molar-refractivity contribution < 1.29 is 91.2 Å². The van der Waals surface area contributed by atoms with Gasteiger partial charge in [0.2, 0.25) is 0 Å². The number of aliphatic hydroxyl groups excluding tert-OH is 3. The minimum Gasteiger partial charge on any atom is -0.459 e. The molecule has 0 aromatic rings. The molecule has 3 N–H and O–H groups in total. The maximum atomic E-state index is 14.6. The van der Waals surface area contributed by atoms with Crippen LogP contribution < -0.4 is 0 Å². The molecule has 16 aliphatic rings. The predicted molar refractivity (Wildman–Crippen MR) is 274 cm³/mol. The van der Waals surface area contributed by atoms with Crippen molar-refractivity contribution in [1.82, 2.24) is 0 Å². The molecule has 16 heterocycles. The molecule has 32 atom stereocenters. The fourth-order valence-corrected chi connectivity index (χ4v) is 18.2. The van der Waals surface area contributed by atoms with Gasteiger partial charge in [-0.3, -0.25) is 4.79 Å². The van der Waals surface area contributed by atoms with Gasteiger partial charge in [-0.1, -0.05) is 40.9 Å². The zero-order valence-corrected chi connectivity index (χ0v) is 46.5. The van der Waals surface area contributed by atoms with Crippen molar-refractivity contribution in [3.63, 3.8) is 0 Å². The maximum absolute atomic E-state index is 14.6. The molecular formula is C60H86O19. The number of rotatable bonds is 4. The Morgan fingerprint density at radius 2 is 1.18 bits per heavy atom. The van der Waals surface area contributed by atoms with Gasteiger partial charge >= 0.3 is 5.97 Å². The number of carbonyl (C=O) groups is 1. The number of fused-ring (bicyclic) bond motifs is 10. The number of hydrogen-bond donors (Lipinski definition) is 3. The average Bonchev–Trinajstić information content (AvgIpc) is 4.25. The second-order valence-corrected chi connectivity index (χ2v) is 27.5. The Bertz CT molecular complexity index is 2340. The molecule has 19 nitrogen and oxygen atoms in total. The standard InChI is InChI=1S/C60H86O19/c1-26-13-33-7-9-37-27(2)14-35(65-37)11-12-58-23-46-54(78-58)55-56(72-46)57(79-58)53-38(69-55)10-8-34(67-53)16-48(64)73-52-31(6)51-43(68-42(52)17-39(66-33)30(26)5)19-41-45(71-51)22-60(74-41)24-47-50(77-60)29(4)21-59(76-47)20-28(3)49-44(75-59)18-40(70-49)36(63)15-32(62)25-61/h26,28-29,31-47,49-57,61-63H,2,5,7-25H2,1,3-4,6H3/t26-,28+,29+,31+,32-,33+,34-,35+,36+,37+,38+,39-,40+,41-,42+,43+,44+,45-,46-,47+,49+,50+,51+,52-,53+,54?,55+,56-,57+,58+,59-,60-/m1/s1. The molecule has 12 bridgehead atoms. The van der Waals surface area contributed by atoms with E-state index in [0.29, 0.717) is 64.2 Å². The molecule has 16 aliphatic heterocycles. The minimum atomic E-state index is -1.02. The summed E-state index contributed by atoms with van der Waals surface area (Å²) in [5, 5.41) is 30.3. The Morgan fingerprint density at radius 1 is 0.506 bits per heavy atom. The van der Waals surface area contributed by atoms with E-state index in [9.17, 15) is 20.1 Å². The van der Waals surface area contributed by atoms with E-state index in [4.69, 9.17) is 71.1 Å². The van der Waals surface area contributed by atoms with E-state index in [1.807, 2.05) is 0 Å². The Morgan fingerprint density at radius 3 is 2.03 bits per heavy atom. The molecular weight excluding hydrogens is 1020 g/mol. The van der Waals surface area contributed by atoms with Gasteiger partial charge in [-0.25, -0.2) is 0 Å². The summed E-state index contributed by atoms with van der Waals surface area (Å²) in [6.07, 6.45) is 2.17. The summed E-state index contributed by atoms with van der Waals surface area (Å²) in [4.78, 5) is 14.6. The fourth-order valence-electron chi connectivity index (χ4n) is 18.2. The first-order valence-corrected chi connectivity index (χ1v) is 30.8. The first kappa shape index (κ1) is 54.0. The molecule has 0 saturated carbocycles. The normalized spacial score (nSPS) is 57.2. The topological polar surface area (TPSA) is 216 Å². The van der Waals surface area contributed by atoms with Crippen LogP contribution in [0.2, 0.25) is 0 Å². The highest BCUT2D eigenvalue weighted by atomic mass is 16.8. The van der Waals surface area contributed by atoms with Crippen LogP contribution in [0.3, 0.4) is 0 Å². The lowest BCUT2D eigenvalue weighted by atomic mass is 9.79. The Balaban J connectivity index is 0.655. The number of hydrogen-bond acceptors (Lipinski definition) is 19. The van der Waals surface area contributed by atoms with Crippen LogP contribution in [0, 0.1) is 23.7 Å². The van der Waals surface area contributed by atoms with Crippen LogP contribution in [0.5, 0.6) is 0 Å². The molecule has 0 radical (unpaired) electrons. The van der Waals surface area contributed by atoms with Gasteiger partial charge in [0, 0.05) is 70.1 Å². The molecule has 0 amide bonds. The van der Waals surface area contributed by atoms with Gasteiger partial charge in [0.25, 0.3) is 0 Å². The van der Waals surface area contributed by atoms with E-state index >= 15 is 0 Å². The van der Waals surface area contributed by atoms with Crippen LogP contribution in [0.4, 0.5) is 0 Å². The molecule has 16 rings (SSSR count). The third-order valence-corrected chi connectivity index (χ3v) is 21.9. The Hall–Kier alpha value is -1.73. The first-order chi connectivity index (χ1) is 38.0. The Kier molecular flexibility index (Phi) is 13.8. The summed E-state index contributed by atoms with van der Waals surface area (Å²) < 4.78 is 104. The van der Waals surface area contributed by atoms with Crippen LogP contribution in [0.25, 0.3) is 0 Å². The lowest BCUT2D eigenvalue weighted by Gasteiger charge is -2.50. The van der Waals surface area contributed by atoms with Crippen LogP contribution in [0.1, 0.15) is 143 Å². The lowest BCUT2D eigenvalue weighted by Crippen LogP contribution is -2.62. The average molecular weight is 1110 g/mol. The summed E-state index contributed by atoms with van der Waals surface area (Å²) in [6, 6.07) is 0. The summed E-state index contributed by atoms with van der Waals surface area (Å²) in [6.45, 7) is 17.4. The summed E-state index contributed by atoms with van der Waals surface area (Å²) in [7, 11) is 0. The van der Waals surface area contributed by atoms with E-state index in [-0.39, 0.29) is 146 Å². The van der Waals surface area contributed by atoms with Gasteiger partial charge in [0.15, 0.2) is 17.4 Å². The van der Waals surface area contributed by atoms with Gasteiger partial charge in [0.05, 0.1) is 129 Å². The highest BCUT2D eigenvalue weighted by Gasteiger charge is 2.70. The van der Waals surface area contributed by atoms with E-state index < -0.39 is 72.8 Å². The number of carbonyl (C=O) groups excluding carboxylic acids is 1. The Labute approximate surface area is 463 Å². The van der Waals surface area contributed by atoms with Crippen molar-refractivity contribution in [1.29, 1.82) is 0 Å². The van der Waals surface area contributed by atoms with Crippen molar-refractivity contribution in [2.45, 2.75) is 313 Å². The second-order valence-electron chi connectivity index (χ2n) is 27.5. The van der Waals surface area contributed by atoms with Crippen LogP contribution in [-0.2, 0) is 75.8 Å². The highest BCUT2D eigenvalue weighted by molar-refractivity contribution is 5.70. The summed E-state index contributed by atoms with van der Waals surface area (Å²) in [5.74, 6) is -2.77. The molecule has 16 fully saturated rings. The first-order valence-electron chi connectivity index (χ1n) is 30.8. The fraction of sp³-hybridized carbons (Fsp3) is 0.917. The van der Waals surface area contributed by atoms with E-state index in [0.717, 1.165) is 49.7 Å². The second kappa shape index (κ2) is 20.2. The van der Waals surface area contributed by atoms with Crippen LogP contribution in [0.15, 0.2) is 24.3 Å². The summed E-state index contributed by atoms with van der Waals surface area (Å²) in [5.41, 5.74) is 2.15. The van der Waals surface area contributed by atoms with Crippen LogP contribution >= 0.6 is 0 Å². The van der Waals surface area contributed by atoms with E-state index in [1.165, 1.54) is 0 Å². The monoisotopic (exact) mass is 1110 g/mol. The number of aliphatic hydroxyl groups is 3. The molecule has 0 aliphatic carbocycles. The van der Waals surface area contributed by atoms with Crippen molar-refractivity contribution in [2.75, 3.05) is 6.61 Å². The maximum Gasteiger partial charge on any atom is 0.308 e. The zero-order valence-electron chi connectivity index (χ0n) is 46.5. The minimum absolute atomic E-state index is 0.0143. The molecule has 3 spiro atoms. The van der Waals surface area contributed by atoms with E-state index in [2.05, 4.69) is 40.9 Å². The predicted octanol–water partition coefficient (Wildman–Crippen LogP) is 4.93. The largest absolute Gasteiger partial charge is 0.459 e. The van der Waals surface area contributed by atoms with Gasteiger partial charge < -0.3 is 86.4 Å². The molecule has 0 aromatic heterocycles. The van der Waals surface area contributed by atoms with Gasteiger partial charge in [0.1, 0.15) is 36.6 Å². The van der Waals surface area contributed by atoms with Gasteiger partial charge in [-0.15, -0.1) is 0 Å². The van der Waals surface area contributed by atoms with Crippen molar-refractivity contribution in [2.24, 2.45) is 23.7 Å². The molecule has 79 heavy (non-hydrogen) atoms. The third kappa shape index (κ3) is 9.43. The third-order valence-electron chi connectivity index (χ3n) is 21.9. The molecule has 0 aromatic carbocycles. The SMILES string of the molecule is C=C1C[C@@H]2CC[C@@]34C[C@H]5O[C@H]6[C@@H](O3)[C@H]3O[C@H](CC[C@@H]3O[C@H]6C5O4)CC(=O)O[C@@H]3[C@@H](C)[C@@H]4O[C@@H]5C[C@@]6(C[C@@H]7O[C@]8(C[C@H](C)[C@@H]9O[C@H]([C@@H](O)C[C@@H](O)CO)C[C@@H]9O8)C[C@H](C)[C@@H]7O6)O[C@@H]5C[C@@H]4O[C@H]3C[C@H]3O[C@@H](CC[C@@H]1O2)C[C@@H](C)C3=C. The van der Waals surface area contributed by atoms with Gasteiger partial charge in [-0.2, -0.15) is 0 Å².